The molecule has 0 bridgehead atoms. The zero-order valence-corrected chi connectivity index (χ0v) is 17.8. The summed E-state index contributed by atoms with van der Waals surface area (Å²) < 4.78 is 5.76. The van der Waals surface area contributed by atoms with Gasteiger partial charge in [0.2, 0.25) is 11.8 Å². The predicted octanol–water partition coefficient (Wildman–Crippen LogP) is 4.97. The van der Waals surface area contributed by atoms with Gasteiger partial charge >= 0.3 is 0 Å². The smallest absolute Gasteiger partial charge is 0.243 e. The van der Waals surface area contributed by atoms with E-state index in [1.807, 2.05) is 79.7 Å². The van der Waals surface area contributed by atoms with Crippen LogP contribution in [0.1, 0.15) is 24.5 Å². The highest BCUT2D eigenvalue weighted by molar-refractivity contribution is 5.94. The molecule has 0 heterocycles. The van der Waals surface area contributed by atoms with Crippen molar-refractivity contribution in [3.63, 3.8) is 0 Å². The Kier molecular flexibility index (Phi) is 7.65. The van der Waals surface area contributed by atoms with Crippen molar-refractivity contribution in [2.75, 3.05) is 22.5 Å². The largest absolute Gasteiger partial charge is 0.489 e. The minimum absolute atomic E-state index is 0.0470. The molecule has 160 valence electrons. The van der Waals surface area contributed by atoms with E-state index in [1.165, 1.54) is 0 Å². The molecule has 6 nitrogen and oxygen atoms in total. The van der Waals surface area contributed by atoms with Gasteiger partial charge in [-0.1, -0.05) is 43.3 Å². The lowest BCUT2D eigenvalue weighted by Crippen LogP contribution is -2.21. The van der Waals surface area contributed by atoms with Crippen LogP contribution < -0.4 is 20.7 Å². The second-order valence-corrected chi connectivity index (χ2v) is 7.13. The van der Waals surface area contributed by atoms with E-state index in [-0.39, 0.29) is 18.4 Å². The molecule has 0 aliphatic heterocycles. The number of nitrogens with one attached hydrogen (secondary N) is 3. The van der Waals surface area contributed by atoms with Crippen molar-refractivity contribution in [1.82, 2.24) is 0 Å². The first-order chi connectivity index (χ1) is 15.0. The predicted molar refractivity (Wildman–Crippen MR) is 124 cm³/mol. The molecule has 0 spiro atoms. The number of amides is 2. The number of carbonyl (C=O) groups excluding carboxylic acids is 2. The Morgan fingerprint density at radius 1 is 0.839 bits per heavy atom. The van der Waals surface area contributed by atoms with E-state index < -0.39 is 0 Å². The zero-order valence-electron chi connectivity index (χ0n) is 17.8. The van der Waals surface area contributed by atoms with Crippen LogP contribution in [0.5, 0.6) is 5.75 Å². The van der Waals surface area contributed by atoms with Crippen LogP contribution in [0, 0.1) is 6.92 Å². The van der Waals surface area contributed by atoms with Crippen LogP contribution in [-0.4, -0.2) is 18.4 Å². The van der Waals surface area contributed by atoms with Crippen molar-refractivity contribution in [2.45, 2.75) is 26.9 Å². The lowest BCUT2D eigenvalue weighted by atomic mass is 10.1. The van der Waals surface area contributed by atoms with Gasteiger partial charge in [-0.3, -0.25) is 9.59 Å². The topological polar surface area (TPSA) is 79.5 Å². The normalized spacial score (nSPS) is 10.3. The van der Waals surface area contributed by atoms with Crippen molar-refractivity contribution in [3.8, 4) is 5.75 Å². The third kappa shape index (κ3) is 6.89. The maximum atomic E-state index is 12.3. The van der Waals surface area contributed by atoms with Crippen LogP contribution in [0.4, 0.5) is 17.1 Å². The summed E-state index contributed by atoms with van der Waals surface area (Å²) in [4.78, 5) is 23.9. The highest BCUT2D eigenvalue weighted by Gasteiger charge is 2.06. The molecule has 0 saturated heterocycles. The maximum Gasteiger partial charge on any atom is 0.243 e. The number of anilines is 3. The average Bonchev–Trinajstić information content (AvgIpc) is 2.79. The summed E-state index contributed by atoms with van der Waals surface area (Å²) in [7, 11) is 0. The molecular formula is C25H27N3O3. The quantitative estimate of drug-likeness (QED) is 0.459. The Bertz CT molecular complexity index is 1020. The van der Waals surface area contributed by atoms with E-state index in [2.05, 4.69) is 16.0 Å². The van der Waals surface area contributed by atoms with Crippen molar-refractivity contribution in [1.29, 1.82) is 0 Å². The molecule has 2 amide bonds. The zero-order chi connectivity index (χ0) is 22.1. The van der Waals surface area contributed by atoms with E-state index in [9.17, 15) is 9.59 Å². The van der Waals surface area contributed by atoms with Crippen molar-refractivity contribution in [2.24, 2.45) is 0 Å². The van der Waals surface area contributed by atoms with E-state index >= 15 is 0 Å². The molecule has 6 heteroatoms. The first kappa shape index (κ1) is 21.9. The molecule has 3 aromatic carbocycles. The van der Waals surface area contributed by atoms with Gasteiger partial charge in [-0.2, -0.15) is 0 Å². The van der Waals surface area contributed by atoms with Gasteiger partial charge in [0.1, 0.15) is 12.4 Å². The maximum absolute atomic E-state index is 12.3. The molecule has 31 heavy (non-hydrogen) atoms. The Hall–Kier alpha value is -3.80. The molecular weight excluding hydrogens is 390 g/mol. The van der Waals surface area contributed by atoms with Crippen molar-refractivity contribution < 1.29 is 14.3 Å². The Morgan fingerprint density at radius 3 is 2.26 bits per heavy atom. The number of rotatable bonds is 9. The van der Waals surface area contributed by atoms with Crippen molar-refractivity contribution >= 4 is 28.9 Å². The van der Waals surface area contributed by atoms with Gasteiger partial charge in [0.25, 0.3) is 0 Å². The fraction of sp³-hybridized carbons (Fsp3) is 0.200. The Labute approximate surface area is 182 Å². The summed E-state index contributed by atoms with van der Waals surface area (Å²) in [6.07, 6.45) is 0.412. The number of aryl methyl sites for hydroxylation is 1. The fourth-order valence-electron chi connectivity index (χ4n) is 2.87. The van der Waals surface area contributed by atoms with E-state index in [0.29, 0.717) is 18.7 Å². The minimum atomic E-state index is -0.169. The molecule has 0 radical (unpaired) electrons. The molecule has 0 unspecified atom stereocenters. The highest BCUT2D eigenvalue weighted by Crippen LogP contribution is 2.21. The van der Waals surface area contributed by atoms with Gasteiger partial charge in [-0.25, -0.2) is 0 Å². The molecule has 0 aliphatic rings. The van der Waals surface area contributed by atoms with Crippen LogP contribution in [0.25, 0.3) is 0 Å². The fourth-order valence-corrected chi connectivity index (χ4v) is 2.87. The minimum Gasteiger partial charge on any atom is -0.489 e. The van der Waals surface area contributed by atoms with E-state index in [4.69, 9.17) is 4.74 Å². The monoisotopic (exact) mass is 417 g/mol. The van der Waals surface area contributed by atoms with Gasteiger partial charge in [-0.15, -0.1) is 0 Å². The summed E-state index contributed by atoms with van der Waals surface area (Å²) in [5, 5.41) is 8.80. The molecule has 3 N–H and O–H groups in total. The second-order valence-electron chi connectivity index (χ2n) is 7.13. The summed E-state index contributed by atoms with van der Waals surface area (Å²) in [6, 6.07) is 22.8. The summed E-state index contributed by atoms with van der Waals surface area (Å²) in [5.74, 6) is 0.521. The van der Waals surface area contributed by atoms with Gasteiger partial charge in [0, 0.05) is 23.5 Å². The number of ether oxygens (including phenoxy) is 1. The van der Waals surface area contributed by atoms with Crippen LogP contribution in [0.2, 0.25) is 0 Å². The third-order valence-electron chi connectivity index (χ3n) is 4.67. The van der Waals surface area contributed by atoms with Crippen LogP contribution in [-0.2, 0) is 16.2 Å². The summed E-state index contributed by atoms with van der Waals surface area (Å²) in [5.41, 5.74) is 4.25. The van der Waals surface area contributed by atoms with E-state index in [1.54, 1.807) is 6.92 Å². The SMILES string of the molecule is CCC(=O)Nc1cc(NCC(=O)Nc2ccc(OCc3ccccc3)cc2)ccc1C. The number of hydrogen-bond acceptors (Lipinski definition) is 4. The standard InChI is InChI=1S/C25H27N3O3/c1-3-24(29)28-23-15-21(10-9-18(23)2)26-16-25(30)27-20-11-13-22(14-12-20)31-17-19-7-5-4-6-8-19/h4-15,26H,3,16-17H2,1-2H3,(H,27,30)(H,28,29). The molecule has 0 atom stereocenters. The first-order valence-corrected chi connectivity index (χ1v) is 10.2. The van der Waals surface area contributed by atoms with Gasteiger partial charge < -0.3 is 20.7 Å². The number of carbonyl (C=O) groups is 2. The number of benzene rings is 3. The molecule has 0 fully saturated rings. The second kappa shape index (κ2) is 10.8. The Balaban J connectivity index is 1.48. The summed E-state index contributed by atoms with van der Waals surface area (Å²) in [6.45, 7) is 4.33. The van der Waals surface area contributed by atoms with Crippen LogP contribution in [0.3, 0.4) is 0 Å². The third-order valence-corrected chi connectivity index (χ3v) is 4.67. The summed E-state index contributed by atoms with van der Waals surface area (Å²) >= 11 is 0. The number of hydrogen-bond donors (Lipinski definition) is 3. The molecule has 0 aliphatic carbocycles. The van der Waals surface area contributed by atoms with Gasteiger partial charge in [-0.05, 0) is 54.4 Å². The van der Waals surface area contributed by atoms with Crippen molar-refractivity contribution in [3.05, 3.63) is 83.9 Å². The van der Waals surface area contributed by atoms with Crippen LogP contribution >= 0.6 is 0 Å². The van der Waals surface area contributed by atoms with E-state index in [0.717, 1.165) is 28.3 Å². The molecule has 0 aromatic heterocycles. The van der Waals surface area contributed by atoms with Crippen LogP contribution in [0.15, 0.2) is 72.8 Å². The average molecular weight is 418 g/mol. The lowest BCUT2D eigenvalue weighted by molar-refractivity contribution is -0.116. The van der Waals surface area contributed by atoms with Gasteiger partial charge in [0.05, 0.1) is 6.54 Å². The molecule has 3 aromatic rings. The molecule has 0 saturated carbocycles. The highest BCUT2D eigenvalue weighted by atomic mass is 16.5. The molecule has 3 rings (SSSR count). The lowest BCUT2D eigenvalue weighted by Gasteiger charge is -2.12. The first-order valence-electron chi connectivity index (χ1n) is 10.2. The Morgan fingerprint density at radius 2 is 1.55 bits per heavy atom. The van der Waals surface area contributed by atoms with Gasteiger partial charge in [0.15, 0.2) is 0 Å².